The molecule has 0 unspecified atom stereocenters. The Labute approximate surface area is 149 Å². The Morgan fingerprint density at radius 1 is 1.33 bits per heavy atom. The lowest BCUT2D eigenvalue weighted by Crippen LogP contribution is -2.19. The van der Waals surface area contributed by atoms with Crippen molar-refractivity contribution in [2.45, 2.75) is 5.75 Å². The Morgan fingerprint density at radius 3 is 2.79 bits per heavy atom. The van der Waals surface area contributed by atoms with Crippen LogP contribution in [0.15, 0.2) is 47.6 Å². The number of hydrogen-bond acceptors (Lipinski definition) is 5. The topological polar surface area (TPSA) is 70.9 Å². The van der Waals surface area contributed by atoms with Crippen molar-refractivity contribution in [3.05, 3.63) is 58.6 Å². The number of methoxy groups -OCH3 is 1. The molecule has 0 radical (unpaired) electrons. The van der Waals surface area contributed by atoms with E-state index in [0.717, 1.165) is 11.3 Å². The Hall–Kier alpha value is -2.18. The van der Waals surface area contributed by atoms with Crippen LogP contribution in [0.5, 0.6) is 11.5 Å². The second kappa shape index (κ2) is 9.20. The van der Waals surface area contributed by atoms with Gasteiger partial charge in [0.1, 0.15) is 0 Å². The molecule has 126 valence electrons. The summed E-state index contributed by atoms with van der Waals surface area (Å²) in [6.07, 6.45) is 1.49. The van der Waals surface area contributed by atoms with Gasteiger partial charge in [0.15, 0.2) is 11.5 Å². The lowest BCUT2D eigenvalue weighted by Gasteiger charge is -2.04. The lowest BCUT2D eigenvalue weighted by atomic mass is 10.2. The first-order valence-electron chi connectivity index (χ1n) is 7.09. The van der Waals surface area contributed by atoms with Gasteiger partial charge in [0, 0.05) is 10.8 Å². The zero-order chi connectivity index (χ0) is 17.4. The highest BCUT2D eigenvalue weighted by Crippen LogP contribution is 2.25. The first-order valence-corrected chi connectivity index (χ1v) is 8.63. The standard InChI is InChI=1S/C17H17ClN2O3S/c1-23-16-8-13(4-7-15(16)21)9-19-20-17(22)11-24-10-12-2-5-14(18)6-3-12/h2-9,21H,10-11H2,1H3,(H,20,22)/b19-9+. The van der Waals surface area contributed by atoms with Gasteiger partial charge in [-0.15, -0.1) is 11.8 Å². The van der Waals surface area contributed by atoms with Crippen molar-refractivity contribution in [3.63, 3.8) is 0 Å². The van der Waals surface area contributed by atoms with Crippen LogP contribution < -0.4 is 10.2 Å². The van der Waals surface area contributed by atoms with Crippen molar-refractivity contribution in [1.29, 1.82) is 0 Å². The third-order valence-electron chi connectivity index (χ3n) is 3.02. The highest BCUT2D eigenvalue weighted by atomic mass is 35.5. The molecule has 24 heavy (non-hydrogen) atoms. The number of phenolic OH excluding ortho intramolecular Hbond substituents is 1. The molecule has 0 heterocycles. The zero-order valence-electron chi connectivity index (χ0n) is 13.0. The number of benzene rings is 2. The summed E-state index contributed by atoms with van der Waals surface area (Å²) < 4.78 is 5.00. The molecule has 0 saturated heterocycles. The molecule has 2 N–H and O–H groups in total. The number of ether oxygens (including phenoxy) is 1. The molecule has 2 rings (SSSR count). The first-order chi connectivity index (χ1) is 11.6. The fourth-order valence-corrected chi connectivity index (χ4v) is 2.73. The smallest absolute Gasteiger partial charge is 0.250 e. The Balaban J connectivity index is 1.75. The summed E-state index contributed by atoms with van der Waals surface area (Å²) in [7, 11) is 1.47. The number of halogens is 1. The predicted molar refractivity (Wildman–Crippen MR) is 98.0 cm³/mol. The van der Waals surface area contributed by atoms with Gasteiger partial charge < -0.3 is 9.84 Å². The van der Waals surface area contributed by atoms with E-state index in [9.17, 15) is 9.90 Å². The molecule has 0 saturated carbocycles. The van der Waals surface area contributed by atoms with E-state index in [0.29, 0.717) is 22.1 Å². The maximum atomic E-state index is 11.7. The number of carbonyl (C=O) groups excluding carboxylic acids is 1. The maximum Gasteiger partial charge on any atom is 0.250 e. The van der Waals surface area contributed by atoms with Crippen LogP contribution >= 0.6 is 23.4 Å². The maximum absolute atomic E-state index is 11.7. The van der Waals surface area contributed by atoms with Gasteiger partial charge in [0.05, 0.1) is 19.1 Å². The van der Waals surface area contributed by atoms with Gasteiger partial charge in [-0.05, 0) is 41.5 Å². The molecule has 0 aliphatic rings. The Kier molecular flexibility index (Phi) is 6.96. The minimum Gasteiger partial charge on any atom is -0.504 e. The number of hydrazone groups is 1. The number of nitrogens with zero attached hydrogens (tertiary/aromatic N) is 1. The number of rotatable bonds is 7. The van der Waals surface area contributed by atoms with Crippen molar-refractivity contribution < 1.29 is 14.6 Å². The van der Waals surface area contributed by atoms with Crippen LogP contribution in [0.1, 0.15) is 11.1 Å². The van der Waals surface area contributed by atoms with E-state index in [2.05, 4.69) is 10.5 Å². The van der Waals surface area contributed by atoms with Crippen LogP contribution in [0.2, 0.25) is 5.02 Å². The van der Waals surface area contributed by atoms with Crippen LogP contribution in [0.3, 0.4) is 0 Å². The minimum absolute atomic E-state index is 0.0530. The van der Waals surface area contributed by atoms with Crippen LogP contribution in [0.25, 0.3) is 0 Å². The van der Waals surface area contributed by atoms with Gasteiger partial charge in [-0.3, -0.25) is 4.79 Å². The van der Waals surface area contributed by atoms with Crippen molar-refractivity contribution in [2.75, 3.05) is 12.9 Å². The van der Waals surface area contributed by atoms with Crippen molar-refractivity contribution >= 4 is 35.5 Å². The summed E-state index contributed by atoms with van der Waals surface area (Å²) in [5.41, 5.74) is 4.28. The van der Waals surface area contributed by atoms with Crippen LogP contribution in [-0.4, -0.2) is 30.1 Å². The van der Waals surface area contributed by atoms with E-state index < -0.39 is 0 Å². The van der Waals surface area contributed by atoms with Crippen LogP contribution in [0, 0.1) is 0 Å². The molecule has 2 aromatic carbocycles. The number of phenols is 1. The summed E-state index contributed by atoms with van der Waals surface area (Å²) in [5, 5.41) is 14.1. The molecule has 0 spiro atoms. The van der Waals surface area contributed by atoms with Crippen molar-refractivity contribution in [2.24, 2.45) is 5.10 Å². The number of hydrogen-bond donors (Lipinski definition) is 2. The van der Waals surface area contributed by atoms with Crippen molar-refractivity contribution in [3.8, 4) is 11.5 Å². The van der Waals surface area contributed by atoms with E-state index in [1.54, 1.807) is 12.1 Å². The fourth-order valence-electron chi connectivity index (χ4n) is 1.83. The molecule has 0 atom stereocenters. The van der Waals surface area contributed by atoms with Crippen molar-refractivity contribution in [1.82, 2.24) is 5.43 Å². The molecule has 0 bridgehead atoms. The summed E-state index contributed by atoms with van der Waals surface area (Å²) in [6.45, 7) is 0. The lowest BCUT2D eigenvalue weighted by molar-refractivity contribution is -0.118. The van der Waals surface area contributed by atoms with Gasteiger partial charge >= 0.3 is 0 Å². The van der Waals surface area contributed by atoms with Gasteiger partial charge in [0.2, 0.25) is 5.91 Å². The quantitative estimate of drug-likeness (QED) is 0.583. The van der Waals surface area contributed by atoms with E-state index in [-0.39, 0.29) is 11.7 Å². The van der Waals surface area contributed by atoms with Gasteiger partial charge in [-0.25, -0.2) is 5.43 Å². The van der Waals surface area contributed by atoms with Crippen LogP contribution in [0.4, 0.5) is 0 Å². The largest absolute Gasteiger partial charge is 0.504 e. The summed E-state index contributed by atoms with van der Waals surface area (Å²) in [6, 6.07) is 12.3. The van der Waals surface area contributed by atoms with E-state index in [4.69, 9.17) is 16.3 Å². The number of nitrogens with one attached hydrogen (secondary N) is 1. The third-order valence-corrected chi connectivity index (χ3v) is 4.28. The molecule has 0 aromatic heterocycles. The third kappa shape index (κ3) is 5.79. The first kappa shape index (κ1) is 18.2. The van der Waals surface area contributed by atoms with Crippen LogP contribution in [-0.2, 0) is 10.5 Å². The normalized spacial score (nSPS) is 10.8. The Morgan fingerprint density at radius 2 is 2.08 bits per heavy atom. The molecular formula is C17H17ClN2O3S. The predicted octanol–water partition coefficient (Wildman–Crippen LogP) is 3.44. The number of amides is 1. The number of thioether (sulfide) groups is 1. The number of aromatic hydroxyl groups is 1. The van der Waals surface area contributed by atoms with E-state index >= 15 is 0 Å². The highest BCUT2D eigenvalue weighted by molar-refractivity contribution is 7.99. The summed E-state index contributed by atoms with van der Waals surface area (Å²) >= 11 is 7.32. The highest BCUT2D eigenvalue weighted by Gasteiger charge is 2.02. The molecule has 0 aliphatic heterocycles. The van der Waals surface area contributed by atoms with Gasteiger partial charge in [-0.1, -0.05) is 23.7 Å². The minimum atomic E-state index is -0.184. The fraction of sp³-hybridized carbons (Fsp3) is 0.176. The zero-order valence-corrected chi connectivity index (χ0v) is 14.6. The second-order valence-corrected chi connectivity index (χ2v) is 6.27. The Bertz CT molecular complexity index is 720. The monoisotopic (exact) mass is 364 g/mol. The van der Waals surface area contributed by atoms with E-state index in [1.807, 2.05) is 24.3 Å². The molecular weight excluding hydrogens is 348 g/mol. The number of carbonyl (C=O) groups is 1. The molecule has 7 heteroatoms. The molecule has 2 aromatic rings. The van der Waals surface area contributed by atoms with Gasteiger partial charge in [0.25, 0.3) is 0 Å². The van der Waals surface area contributed by atoms with Gasteiger partial charge in [-0.2, -0.15) is 5.10 Å². The summed E-state index contributed by atoms with van der Waals surface area (Å²) in [5.74, 6) is 1.25. The summed E-state index contributed by atoms with van der Waals surface area (Å²) in [4.78, 5) is 11.7. The molecule has 0 fully saturated rings. The average Bonchev–Trinajstić information content (AvgIpc) is 2.58. The molecule has 1 amide bonds. The molecule has 0 aliphatic carbocycles. The van der Waals surface area contributed by atoms with E-state index in [1.165, 1.54) is 31.2 Å². The average molecular weight is 365 g/mol. The molecule has 5 nitrogen and oxygen atoms in total. The second-order valence-electron chi connectivity index (χ2n) is 4.84. The SMILES string of the molecule is COc1cc(/C=N/NC(=O)CSCc2ccc(Cl)cc2)ccc1O.